The predicted molar refractivity (Wildman–Crippen MR) is 56.8 cm³/mol. The van der Waals surface area contributed by atoms with E-state index in [1.165, 1.54) is 12.1 Å². The van der Waals surface area contributed by atoms with Crippen LogP contribution in [0.15, 0.2) is 42.6 Å². The van der Waals surface area contributed by atoms with Crippen molar-refractivity contribution in [2.75, 3.05) is 5.32 Å². The Hall–Kier alpha value is -1.90. The number of nitrogens with one attached hydrogen (secondary N) is 1. The molecule has 2 rings (SSSR count). The molecule has 2 nitrogen and oxygen atoms in total. The van der Waals surface area contributed by atoms with Gasteiger partial charge in [0, 0.05) is 18.8 Å². The van der Waals surface area contributed by atoms with Gasteiger partial charge in [0.1, 0.15) is 11.6 Å². The van der Waals surface area contributed by atoms with Gasteiger partial charge in [-0.3, -0.25) is 0 Å². The summed E-state index contributed by atoms with van der Waals surface area (Å²) in [6.07, 6.45) is 1.59. The van der Waals surface area contributed by atoms with Crippen molar-refractivity contribution in [2.45, 2.75) is 6.54 Å². The summed E-state index contributed by atoms with van der Waals surface area (Å²) >= 11 is 0. The molecule has 0 saturated carbocycles. The van der Waals surface area contributed by atoms with E-state index in [4.69, 9.17) is 0 Å². The van der Waals surface area contributed by atoms with Crippen LogP contribution in [0.2, 0.25) is 0 Å². The van der Waals surface area contributed by atoms with Gasteiger partial charge in [0.15, 0.2) is 0 Å². The number of halogens is 1. The van der Waals surface area contributed by atoms with E-state index < -0.39 is 0 Å². The van der Waals surface area contributed by atoms with E-state index in [0.717, 1.165) is 11.4 Å². The molecule has 1 aromatic heterocycles. The van der Waals surface area contributed by atoms with E-state index in [0.29, 0.717) is 6.54 Å². The highest BCUT2D eigenvalue weighted by atomic mass is 19.1. The van der Waals surface area contributed by atoms with Gasteiger partial charge < -0.3 is 5.32 Å². The molecule has 0 unspecified atom stereocenters. The highest BCUT2D eigenvalue weighted by Gasteiger charge is 1.95. The van der Waals surface area contributed by atoms with Gasteiger partial charge in [-0.05, 0) is 29.8 Å². The number of rotatable bonds is 3. The monoisotopic (exact) mass is 201 g/mol. The fourth-order valence-corrected chi connectivity index (χ4v) is 1.26. The number of hydrogen-bond donors (Lipinski definition) is 1. The molecule has 2 aromatic rings. The fourth-order valence-electron chi connectivity index (χ4n) is 1.26. The molecule has 0 aliphatic carbocycles. The van der Waals surface area contributed by atoms with Crippen molar-refractivity contribution in [3.05, 3.63) is 60.0 Å². The zero-order chi connectivity index (χ0) is 10.5. The highest BCUT2D eigenvalue weighted by molar-refractivity contribution is 5.34. The van der Waals surface area contributed by atoms with Gasteiger partial charge in [0.2, 0.25) is 0 Å². The second-order valence-electron chi connectivity index (χ2n) is 3.13. The first-order valence-corrected chi connectivity index (χ1v) is 4.65. The van der Waals surface area contributed by atoms with Gasteiger partial charge in [-0.15, -0.1) is 0 Å². The molecular formula is C12H10FN2. The van der Waals surface area contributed by atoms with Gasteiger partial charge in [-0.25, -0.2) is 9.37 Å². The molecule has 0 aliphatic rings. The third-order valence-electron chi connectivity index (χ3n) is 1.98. The minimum Gasteiger partial charge on any atom is -0.366 e. The van der Waals surface area contributed by atoms with Crippen LogP contribution < -0.4 is 5.32 Å². The summed E-state index contributed by atoms with van der Waals surface area (Å²) in [4.78, 5) is 4.06. The van der Waals surface area contributed by atoms with Gasteiger partial charge in [-0.1, -0.05) is 12.1 Å². The van der Waals surface area contributed by atoms with Crippen molar-refractivity contribution in [3.63, 3.8) is 0 Å². The summed E-state index contributed by atoms with van der Waals surface area (Å²) < 4.78 is 12.8. The maximum atomic E-state index is 12.8. The van der Waals surface area contributed by atoms with Crippen LogP contribution >= 0.6 is 0 Å². The van der Waals surface area contributed by atoms with Crippen LogP contribution in [0, 0.1) is 11.9 Å². The quantitative estimate of drug-likeness (QED) is 0.825. The lowest BCUT2D eigenvalue weighted by Gasteiger charge is -2.04. The van der Waals surface area contributed by atoms with Gasteiger partial charge in [0.05, 0.1) is 0 Å². The maximum absolute atomic E-state index is 12.8. The van der Waals surface area contributed by atoms with Crippen LogP contribution in [0.1, 0.15) is 5.56 Å². The molecule has 0 atom stereocenters. The number of pyridine rings is 1. The summed E-state index contributed by atoms with van der Waals surface area (Å²) in [5, 5.41) is 3.09. The number of benzene rings is 1. The third-order valence-corrected chi connectivity index (χ3v) is 1.98. The molecule has 0 saturated heterocycles. The lowest BCUT2D eigenvalue weighted by atomic mass is 10.2. The Bertz CT molecular complexity index is 429. The first-order valence-electron chi connectivity index (χ1n) is 4.65. The second-order valence-corrected chi connectivity index (χ2v) is 3.13. The van der Waals surface area contributed by atoms with E-state index >= 15 is 0 Å². The molecule has 0 bridgehead atoms. The topological polar surface area (TPSA) is 24.9 Å². The Morgan fingerprint density at radius 3 is 3.00 bits per heavy atom. The van der Waals surface area contributed by atoms with Crippen LogP contribution in [-0.4, -0.2) is 4.98 Å². The number of nitrogens with zero attached hydrogens (tertiary/aromatic N) is 1. The predicted octanol–water partition coefficient (Wildman–Crippen LogP) is 2.63. The molecule has 0 aliphatic heterocycles. The lowest BCUT2D eigenvalue weighted by Crippen LogP contribution is -2.00. The average molecular weight is 201 g/mol. The Balaban J connectivity index is 1.99. The smallest absolute Gasteiger partial charge is 0.126 e. The van der Waals surface area contributed by atoms with Crippen molar-refractivity contribution >= 4 is 5.82 Å². The SMILES string of the molecule is Fc1cccc(CNc2cc[c]cn2)c1. The first-order chi connectivity index (χ1) is 7.34. The first kappa shape index (κ1) is 9.65. The average Bonchev–Trinajstić information content (AvgIpc) is 2.28. The van der Waals surface area contributed by atoms with E-state index in [-0.39, 0.29) is 5.82 Å². The second kappa shape index (κ2) is 4.55. The van der Waals surface area contributed by atoms with Gasteiger partial charge in [0.25, 0.3) is 0 Å². The van der Waals surface area contributed by atoms with Crippen molar-refractivity contribution in [3.8, 4) is 0 Å². The number of aromatic nitrogens is 1. The minimum atomic E-state index is -0.219. The Labute approximate surface area is 87.8 Å². The number of hydrogen-bond acceptors (Lipinski definition) is 2. The van der Waals surface area contributed by atoms with E-state index in [1.807, 2.05) is 12.1 Å². The van der Waals surface area contributed by atoms with Crippen LogP contribution in [0.4, 0.5) is 10.2 Å². The Morgan fingerprint density at radius 2 is 2.27 bits per heavy atom. The number of anilines is 1. The van der Waals surface area contributed by atoms with Crippen LogP contribution in [0.25, 0.3) is 0 Å². The normalized spacial score (nSPS) is 9.93. The van der Waals surface area contributed by atoms with Gasteiger partial charge >= 0.3 is 0 Å². The standard InChI is InChI=1S/C12H10FN2/c13-11-5-3-4-10(8-11)9-15-12-6-1-2-7-14-12/h1,3-8H,9H2,(H,14,15). The third kappa shape index (κ3) is 2.77. The molecule has 1 radical (unpaired) electrons. The van der Waals surface area contributed by atoms with E-state index in [1.54, 1.807) is 18.3 Å². The summed E-state index contributed by atoms with van der Waals surface area (Å²) in [5.41, 5.74) is 0.893. The van der Waals surface area contributed by atoms with Crippen molar-refractivity contribution < 1.29 is 4.39 Å². The molecule has 75 valence electrons. The molecule has 0 fully saturated rings. The molecule has 1 N–H and O–H groups in total. The Morgan fingerprint density at radius 1 is 1.33 bits per heavy atom. The van der Waals surface area contributed by atoms with Crippen molar-refractivity contribution in [2.24, 2.45) is 0 Å². The fraction of sp³-hybridized carbons (Fsp3) is 0.0833. The van der Waals surface area contributed by atoms with E-state index in [9.17, 15) is 4.39 Å². The summed E-state index contributed by atoms with van der Waals surface area (Å²) in [5.74, 6) is 0.543. The van der Waals surface area contributed by atoms with Crippen LogP contribution in [0.5, 0.6) is 0 Å². The summed E-state index contributed by atoms with van der Waals surface area (Å²) in [7, 11) is 0. The summed E-state index contributed by atoms with van der Waals surface area (Å²) in [6, 6.07) is 12.9. The van der Waals surface area contributed by atoms with Crippen molar-refractivity contribution in [1.29, 1.82) is 0 Å². The Kier molecular flexibility index (Phi) is 2.93. The van der Waals surface area contributed by atoms with Gasteiger partial charge in [-0.2, -0.15) is 0 Å². The molecule has 0 spiro atoms. The molecule has 3 heteroatoms. The minimum absolute atomic E-state index is 0.219. The summed E-state index contributed by atoms with van der Waals surface area (Å²) in [6.45, 7) is 0.564. The van der Waals surface area contributed by atoms with Crippen molar-refractivity contribution in [1.82, 2.24) is 4.98 Å². The molecule has 1 heterocycles. The lowest BCUT2D eigenvalue weighted by molar-refractivity contribution is 0.626. The zero-order valence-corrected chi connectivity index (χ0v) is 8.07. The largest absolute Gasteiger partial charge is 0.366 e. The van der Waals surface area contributed by atoms with Crippen LogP contribution in [0.3, 0.4) is 0 Å². The highest BCUT2D eigenvalue weighted by Crippen LogP contribution is 2.06. The molecule has 0 amide bonds. The molecular weight excluding hydrogens is 191 g/mol. The maximum Gasteiger partial charge on any atom is 0.126 e. The zero-order valence-electron chi connectivity index (χ0n) is 8.07. The van der Waals surface area contributed by atoms with Crippen LogP contribution in [-0.2, 0) is 6.54 Å². The van der Waals surface area contributed by atoms with E-state index in [2.05, 4.69) is 16.4 Å². The molecule has 15 heavy (non-hydrogen) atoms. The molecule has 1 aromatic carbocycles.